The fourth-order valence-electron chi connectivity index (χ4n) is 2.98. The van der Waals surface area contributed by atoms with Crippen LogP contribution in [0.5, 0.6) is 0 Å². The predicted octanol–water partition coefficient (Wildman–Crippen LogP) is 2.78. The van der Waals surface area contributed by atoms with Gasteiger partial charge in [0, 0.05) is 0 Å². The minimum absolute atomic E-state index is 0.0782. The molecule has 4 nitrogen and oxygen atoms in total. The average Bonchev–Trinajstić information content (AvgIpc) is 2.97. The number of rotatable bonds is 7. The summed E-state index contributed by atoms with van der Waals surface area (Å²) in [6.45, 7) is 7.33. The highest BCUT2D eigenvalue weighted by Crippen LogP contribution is 2.37. The summed E-state index contributed by atoms with van der Waals surface area (Å²) in [7, 11) is 0. The SMILES string of the molecule is C=CCCC1CC(C2CC(CCC=C)OC2=O)C(=O)O1. The first kappa shape index (κ1) is 14.8. The summed E-state index contributed by atoms with van der Waals surface area (Å²) in [5.41, 5.74) is 0. The van der Waals surface area contributed by atoms with Gasteiger partial charge in [-0.25, -0.2) is 0 Å². The molecule has 0 saturated carbocycles. The van der Waals surface area contributed by atoms with E-state index in [0.29, 0.717) is 12.8 Å². The number of hydrogen-bond donors (Lipinski definition) is 0. The molecule has 2 aliphatic heterocycles. The second-order valence-corrected chi connectivity index (χ2v) is 5.53. The van der Waals surface area contributed by atoms with Gasteiger partial charge < -0.3 is 9.47 Å². The van der Waals surface area contributed by atoms with Crippen LogP contribution in [0.3, 0.4) is 0 Å². The third-order valence-electron chi connectivity index (χ3n) is 4.08. The van der Waals surface area contributed by atoms with E-state index in [1.165, 1.54) is 0 Å². The third-order valence-corrected chi connectivity index (χ3v) is 4.08. The zero-order chi connectivity index (χ0) is 14.5. The van der Waals surface area contributed by atoms with Gasteiger partial charge in [0.05, 0.1) is 11.8 Å². The molecule has 2 aliphatic rings. The van der Waals surface area contributed by atoms with E-state index < -0.39 is 0 Å². The molecule has 110 valence electrons. The molecule has 2 saturated heterocycles. The monoisotopic (exact) mass is 278 g/mol. The Labute approximate surface area is 119 Å². The molecule has 4 atom stereocenters. The molecule has 0 aromatic heterocycles. The van der Waals surface area contributed by atoms with Gasteiger partial charge in [0.15, 0.2) is 0 Å². The average molecular weight is 278 g/mol. The Morgan fingerprint density at radius 3 is 1.65 bits per heavy atom. The molecule has 20 heavy (non-hydrogen) atoms. The summed E-state index contributed by atoms with van der Waals surface area (Å²) in [6, 6.07) is 0. The molecule has 4 unspecified atom stereocenters. The van der Waals surface area contributed by atoms with Crippen molar-refractivity contribution in [2.45, 2.75) is 50.7 Å². The van der Waals surface area contributed by atoms with Crippen LogP contribution in [0.25, 0.3) is 0 Å². The molecular weight excluding hydrogens is 256 g/mol. The first-order valence-electron chi connectivity index (χ1n) is 7.28. The summed E-state index contributed by atoms with van der Waals surface area (Å²) in [5.74, 6) is -1.15. The van der Waals surface area contributed by atoms with Crippen LogP contribution in [-0.2, 0) is 19.1 Å². The van der Waals surface area contributed by atoms with Crippen molar-refractivity contribution in [1.29, 1.82) is 0 Å². The highest BCUT2D eigenvalue weighted by atomic mass is 16.6. The van der Waals surface area contributed by atoms with Crippen LogP contribution in [0.1, 0.15) is 38.5 Å². The standard InChI is InChI=1S/C16H22O4/c1-3-5-7-11-9-13(15(17)19-11)14-10-12(8-6-4-2)20-16(14)18/h3-4,11-14H,1-2,5-10H2. The number of allylic oxidation sites excluding steroid dienone is 2. The Hall–Kier alpha value is -1.58. The minimum Gasteiger partial charge on any atom is -0.462 e. The van der Waals surface area contributed by atoms with E-state index in [1.54, 1.807) is 0 Å². The van der Waals surface area contributed by atoms with E-state index in [0.717, 1.165) is 25.7 Å². The number of ether oxygens (including phenoxy) is 2. The largest absolute Gasteiger partial charge is 0.462 e. The first-order valence-corrected chi connectivity index (χ1v) is 7.28. The van der Waals surface area contributed by atoms with Gasteiger partial charge in [-0.3, -0.25) is 9.59 Å². The summed E-state index contributed by atoms with van der Waals surface area (Å²) in [5, 5.41) is 0. The van der Waals surface area contributed by atoms with Crippen molar-refractivity contribution in [2.75, 3.05) is 0 Å². The van der Waals surface area contributed by atoms with Crippen molar-refractivity contribution in [3.05, 3.63) is 25.3 Å². The number of carbonyl (C=O) groups is 2. The van der Waals surface area contributed by atoms with Crippen molar-refractivity contribution in [3.63, 3.8) is 0 Å². The molecule has 0 aliphatic carbocycles. The Kier molecular flexibility index (Phi) is 4.99. The van der Waals surface area contributed by atoms with Crippen LogP contribution in [0.4, 0.5) is 0 Å². The highest BCUT2D eigenvalue weighted by molar-refractivity contribution is 5.84. The van der Waals surface area contributed by atoms with Crippen LogP contribution in [0.2, 0.25) is 0 Å². The Bertz CT molecular complexity index is 363. The van der Waals surface area contributed by atoms with Gasteiger partial charge in [-0.1, -0.05) is 12.2 Å². The second-order valence-electron chi connectivity index (χ2n) is 5.53. The maximum atomic E-state index is 11.9. The molecule has 4 heteroatoms. The number of esters is 2. The van der Waals surface area contributed by atoms with E-state index in [2.05, 4.69) is 13.2 Å². The van der Waals surface area contributed by atoms with Gasteiger partial charge in [0.25, 0.3) is 0 Å². The fourth-order valence-corrected chi connectivity index (χ4v) is 2.98. The second kappa shape index (κ2) is 6.73. The molecular formula is C16H22O4. The molecule has 0 radical (unpaired) electrons. The Balaban J connectivity index is 1.91. The molecule has 0 spiro atoms. The predicted molar refractivity (Wildman–Crippen MR) is 74.8 cm³/mol. The third kappa shape index (κ3) is 3.30. The van der Waals surface area contributed by atoms with Gasteiger partial charge in [0.2, 0.25) is 0 Å². The van der Waals surface area contributed by atoms with Crippen LogP contribution < -0.4 is 0 Å². The van der Waals surface area contributed by atoms with Crippen LogP contribution in [0.15, 0.2) is 25.3 Å². The van der Waals surface area contributed by atoms with Gasteiger partial charge in [-0.05, 0) is 38.5 Å². The van der Waals surface area contributed by atoms with E-state index in [4.69, 9.17) is 9.47 Å². The Morgan fingerprint density at radius 2 is 1.30 bits per heavy atom. The normalized spacial score (nSPS) is 32.8. The summed E-state index contributed by atoms with van der Waals surface area (Å²) in [4.78, 5) is 23.9. The van der Waals surface area contributed by atoms with Gasteiger partial charge >= 0.3 is 11.9 Å². The van der Waals surface area contributed by atoms with Crippen LogP contribution in [-0.4, -0.2) is 24.1 Å². The summed E-state index contributed by atoms with van der Waals surface area (Å²) >= 11 is 0. The van der Waals surface area contributed by atoms with E-state index in [9.17, 15) is 9.59 Å². The number of hydrogen-bond acceptors (Lipinski definition) is 4. The molecule has 0 N–H and O–H groups in total. The topological polar surface area (TPSA) is 52.6 Å². The van der Waals surface area contributed by atoms with E-state index in [1.807, 2.05) is 12.2 Å². The maximum Gasteiger partial charge on any atom is 0.310 e. The zero-order valence-electron chi connectivity index (χ0n) is 11.8. The van der Waals surface area contributed by atoms with Gasteiger partial charge in [-0.2, -0.15) is 0 Å². The van der Waals surface area contributed by atoms with Crippen molar-refractivity contribution < 1.29 is 19.1 Å². The zero-order valence-corrected chi connectivity index (χ0v) is 11.8. The van der Waals surface area contributed by atoms with Crippen LogP contribution >= 0.6 is 0 Å². The first-order chi connectivity index (χ1) is 9.65. The van der Waals surface area contributed by atoms with E-state index >= 15 is 0 Å². The fraction of sp³-hybridized carbons (Fsp3) is 0.625. The summed E-state index contributed by atoms with van der Waals surface area (Å²) in [6.07, 6.45) is 7.94. The Morgan fingerprint density at radius 1 is 0.900 bits per heavy atom. The lowest BCUT2D eigenvalue weighted by Crippen LogP contribution is -2.23. The minimum atomic E-state index is -0.328. The molecule has 0 amide bonds. The molecule has 0 bridgehead atoms. The quantitative estimate of drug-likeness (QED) is 0.531. The van der Waals surface area contributed by atoms with Gasteiger partial charge in [-0.15, -0.1) is 13.2 Å². The molecule has 0 aromatic carbocycles. The van der Waals surface area contributed by atoms with Crippen molar-refractivity contribution in [3.8, 4) is 0 Å². The molecule has 2 heterocycles. The summed E-state index contributed by atoms with van der Waals surface area (Å²) < 4.78 is 10.7. The molecule has 2 rings (SSSR count). The number of cyclic esters (lactones) is 2. The smallest absolute Gasteiger partial charge is 0.310 e. The van der Waals surface area contributed by atoms with E-state index in [-0.39, 0.29) is 36.0 Å². The lowest BCUT2D eigenvalue weighted by Gasteiger charge is -2.10. The van der Waals surface area contributed by atoms with Crippen LogP contribution in [0, 0.1) is 11.8 Å². The number of carbonyl (C=O) groups excluding carboxylic acids is 2. The van der Waals surface area contributed by atoms with Crippen molar-refractivity contribution in [1.82, 2.24) is 0 Å². The molecule has 2 fully saturated rings. The van der Waals surface area contributed by atoms with Crippen molar-refractivity contribution >= 4 is 11.9 Å². The van der Waals surface area contributed by atoms with Gasteiger partial charge in [0.1, 0.15) is 12.2 Å². The highest BCUT2D eigenvalue weighted by Gasteiger charge is 2.47. The lowest BCUT2D eigenvalue weighted by molar-refractivity contribution is -0.152. The molecule has 0 aromatic rings. The maximum absolute atomic E-state index is 11.9. The van der Waals surface area contributed by atoms with Crippen molar-refractivity contribution in [2.24, 2.45) is 11.8 Å². The lowest BCUT2D eigenvalue weighted by atomic mass is 9.86.